The Bertz CT molecular complexity index is 953. The van der Waals surface area contributed by atoms with E-state index in [4.69, 9.17) is 16.0 Å². The van der Waals surface area contributed by atoms with Crippen molar-refractivity contribution in [2.24, 2.45) is 0 Å². The highest BCUT2D eigenvalue weighted by atomic mass is 35.5. The molecule has 0 N–H and O–H groups in total. The molecular weight excluding hydrogens is 345 g/mol. The molecule has 0 bridgehead atoms. The third-order valence-electron chi connectivity index (χ3n) is 3.87. The van der Waals surface area contributed by atoms with Crippen LogP contribution in [0.3, 0.4) is 0 Å². The highest BCUT2D eigenvalue weighted by molar-refractivity contribution is 6.27. The Labute approximate surface area is 148 Å². The summed E-state index contributed by atoms with van der Waals surface area (Å²) in [4.78, 5) is 26.2. The van der Waals surface area contributed by atoms with Crippen LogP contribution in [0.2, 0.25) is 0 Å². The molecule has 3 rings (SSSR count). The van der Waals surface area contributed by atoms with Crippen LogP contribution in [0, 0.1) is 5.82 Å². The summed E-state index contributed by atoms with van der Waals surface area (Å²) in [7, 11) is 0. The average Bonchev–Trinajstić information content (AvgIpc) is 2.64. The van der Waals surface area contributed by atoms with Crippen LogP contribution >= 0.6 is 11.6 Å². The van der Waals surface area contributed by atoms with Gasteiger partial charge in [-0.05, 0) is 29.8 Å². The van der Waals surface area contributed by atoms with Gasteiger partial charge >= 0.3 is 0 Å². The van der Waals surface area contributed by atoms with E-state index < -0.39 is 0 Å². The molecule has 0 atom stereocenters. The molecule has 128 valence electrons. The number of carbonyl (C=O) groups excluding carboxylic acids is 1. The van der Waals surface area contributed by atoms with Gasteiger partial charge in [0.25, 0.3) is 0 Å². The van der Waals surface area contributed by atoms with Crippen molar-refractivity contribution in [3.8, 4) is 0 Å². The van der Waals surface area contributed by atoms with E-state index >= 15 is 0 Å². The minimum atomic E-state index is -0.353. The van der Waals surface area contributed by atoms with E-state index in [0.717, 1.165) is 5.56 Å². The highest BCUT2D eigenvalue weighted by Crippen LogP contribution is 2.14. The SMILES string of the molecule is O=C(CCl)N(Cc1ccc(F)cc1)Cc1coc2ccccc2c1=O. The number of carbonyl (C=O) groups is 1. The Hall–Kier alpha value is -2.66. The summed E-state index contributed by atoms with van der Waals surface area (Å²) >= 11 is 5.69. The van der Waals surface area contributed by atoms with Crippen molar-refractivity contribution in [2.75, 3.05) is 5.88 Å². The number of benzene rings is 2. The molecule has 1 heterocycles. The molecule has 25 heavy (non-hydrogen) atoms. The number of rotatable bonds is 5. The standard InChI is InChI=1S/C19H15ClFNO3/c20-9-18(23)22(10-13-5-7-15(21)8-6-13)11-14-12-25-17-4-2-1-3-16(17)19(14)24/h1-8,12H,9-11H2. The summed E-state index contributed by atoms with van der Waals surface area (Å²) in [6, 6.07) is 12.7. The van der Waals surface area contributed by atoms with Gasteiger partial charge in [0, 0.05) is 6.54 Å². The van der Waals surface area contributed by atoms with Crippen molar-refractivity contribution in [3.05, 3.63) is 82.0 Å². The molecule has 0 aliphatic carbocycles. The number of hydrogen-bond donors (Lipinski definition) is 0. The smallest absolute Gasteiger partial charge is 0.238 e. The predicted molar refractivity (Wildman–Crippen MR) is 93.9 cm³/mol. The molecule has 0 aliphatic heterocycles. The van der Waals surface area contributed by atoms with Crippen LogP contribution in [-0.2, 0) is 17.9 Å². The quantitative estimate of drug-likeness (QED) is 0.653. The number of para-hydroxylation sites is 1. The van der Waals surface area contributed by atoms with Crippen molar-refractivity contribution in [1.29, 1.82) is 0 Å². The van der Waals surface area contributed by atoms with Crippen LogP contribution in [0.5, 0.6) is 0 Å². The third-order valence-corrected chi connectivity index (χ3v) is 4.10. The van der Waals surface area contributed by atoms with E-state index in [2.05, 4.69) is 0 Å². The number of halogens is 2. The van der Waals surface area contributed by atoms with Gasteiger partial charge < -0.3 is 9.32 Å². The van der Waals surface area contributed by atoms with Crippen molar-refractivity contribution >= 4 is 28.5 Å². The van der Waals surface area contributed by atoms with Gasteiger partial charge in [-0.15, -0.1) is 11.6 Å². The van der Waals surface area contributed by atoms with Crippen LogP contribution in [0.4, 0.5) is 4.39 Å². The van der Waals surface area contributed by atoms with E-state index in [0.29, 0.717) is 16.5 Å². The van der Waals surface area contributed by atoms with Crippen LogP contribution in [0.15, 0.2) is 64.0 Å². The van der Waals surface area contributed by atoms with Gasteiger partial charge in [0.15, 0.2) is 5.43 Å². The molecule has 4 nitrogen and oxygen atoms in total. The average molecular weight is 360 g/mol. The first-order chi connectivity index (χ1) is 12.1. The van der Waals surface area contributed by atoms with Crippen molar-refractivity contribution < 1.29 is 13.6 Å². The Morgan fingerprint density at radius 3 is 2.52 bits per heavy atom. The number of hydrogen-bond acceptors (Lipinski definition) is 3. The van der Waals surface area contributed by atoms with Crippen molar-refractivity contribution in [2.45, 2.75) is 13.1 Å². The first-order valence-corrected chi connectivity index (χ1v) is 8.19. The fourth-order valence-corrected chi connectivity index (χ4v) is 2.73. The molecule has 1 aromatic heterocycles. The Morgan fingerprint density at radius 2 is 1.80 bits per heavy atom. The molecule has 1 amide bonds. The molecule has 0 fully saturated rings. The fraction of sp³-hybridized carbons (Fsp3) is 0.158. The van der Waals surface area contributed by atoms with Crippen molar-refractivity contribution in [1.82, 2.24) is 4.90 Å². The largest absolute Gasteiger partial charge is 0.464 e. The Balaban J connectivity index is 1.90. The fourth-order valence-electron chi connectivity index (χ4n) is 2.56. The number of amides is 1. The molecule has 0 saturated carbocycles. The molecule has 0 aliphatic rings. The number of nitrogens with zero attached hydrogens (tertiary/aromatic N) is 1. The summed E-state index contributed by atoms with van der Waals surface area (Å²) in [5, 5.41) is 0.458. The zero-order valence-electron chi connectivity index (χ0n) is 13.2. The molecule has 6 heteroatoms. The summed E-state index contributed by atoms with van der Waals surface area (Å²) in [6.07, 6.45) is 1.36. The van der Waals surface area contributed by atoms with E-state index in [1.54, 1.807) is 36.4 Å². The van der Waals surface area contributed by atoms with Crippen LogP contribution in [-0.4, -0.2) is 16.7 Å². The van der Waals surface area contributed by atoms with E-state index in [1.165, 1.54) is 23.3 Å². The second-order valence-electron chi connectivity index (χ2n) is 5.60. The molecule has 2 aromatic carbocycles. The molecule has 0 radical (unpaired) electrons. The van der Waals surface area contributed by atoms with Gasteiger partial charge in [0.1, 0.15) is 17.3 Å². The molecule has 0 spiro atoms. The predicted octanol–water partition coefficient (Wildman–Crippen LogP) is 3.70. The maximum Gasteiger partial charge on any atom is 0.238 e. The van der Waals surface area contributed by atoms with Gasteiger partial charge in [-0.3, -0.25) is 9.59 Å². The first kappa shape index (κ1) is 17.2. The van der Waals surface area contributed by atoms with Crippen molar-refractivity contribution in [3.63, 3.8) is 0 Å². The topological polar surface area (TPSA) is 50.5 Å². The maximum atomic E-state index is 13.0. The lowest BCUT2D eigenvalue weighted by molar-refractivity contribution is -0.129. The van der Waals surface area contributed by atoms with Gasteiger partial charge in [0.2, 0.25) is 5.91 Å². The summed E-state index contributed by atoms with van der Waals surface area (Å²) < 4.78 is 18.5. The zero-order chi connectivity index (χ0) is 17.8. The molecule has 0 saturated heterocycles. The lowest BCUT2D eigenvalue weighted by Gasteiger charge is -2.21. The molecule has 3 aromatic rings. The molecular formula is C19H15ClFNO3. The highest BCUT2D eigenvalue weighted by Gasteiger charge is 2.17. The van der Waals surface area contributed by atoms with Crippen LogP contribution < -0.4 is 5.43 Å². The summed E-state index contributed by atoms with van der Waals surface area (Å²) in [6.45, 7) is 0.286. The minimum Gasteiger partial charge on any atom is -0.464 e. The first-order valence-electron chi connectivity index (χ1n) is 7.66. The van der Waals surface area contributed by atoms with Gasteiger partial charge in [-0.25, -0.2) is 4.39 Å². The number of alkyl halides is 1. The second kappa shape index (κ2) is 7.49. The van der Waals surface area contributed by atoms with E-state index in [-0.39, 0.29) is 36.1 Å². The van der Waals surface area contributed by atoms with Crippen LogP contribution in [0.25, 0.3) is 11.0 Å². The Kier molecular flexibility index (Phi) is 5.14. The maximum absolute atomic E-state index is 13.0. The van der Waals surface area contributed by atoms with E-state index in [1.807, 2.05) is 0 Å². The Morgan fingerprint density at radius 1 is 1.08 bits per heavy atom. The number of fused-ring (bicyclic) bond motifs is 1. The second-order valence-corrected chi connectivity index (χ2v) is 5.86. The normalized spacial score (nSPS) is 10.8. The monoisotopic (exact) mass is 359 g/mol. The van der Waals surface area contributed by atoms with Crippen LogP contribution in [0.1, 0.15) is 11.1 Å². The van der Waals surface area contributed by atoms with E-state index in [9.17, 15) is 14.0 Å². The minimum absolute atomic E-state index is 0.0656. The summed E-state index contributed by atoms with van der Waals surface area (Å²) in [5.74, 6) is -0.882. The third kappa shape index (κ3) is 3.88. The summed E-state index contributed by atoms with van der Waals surface area (Å²) in [5.41, 5.74) is 1.41. The van der Waals surface area contributed by atoms with Gasteiger partial charge in [-0.2, -0.15) is 0 Å². The van der Waals surface area contributed by atoms with Gasteiger partial charge in [-0.1, -0.05) is 24.3 Å². The zero-order valence-corrected chi connectivity index (χ0v) is 14.0. The molecule has 0 unspecified atom stereocenters. The van der Waals surface area contributed by atoms with Gasteiger partial charge in [0.05, 0.1) is 23.8 Å². The lowest BCUT2D eigenvalue weighted by atomic mass is 10.1. The lowest BCUT2D eigenvalue weighted by Crippen LogP contribution is -2.32.